The number of benzene rings is 2. The van der Waals surface area contributed by atoms with Gasteiger partial charge in [0.05, 0.1) is 16.1 Å². The molecule has 240 valence electrons. The number of halogens is 6. The lowest BCUT2D eigenvalue weighted by Gasteiger charge is -2.44. The van der Waals surface area contributed by atoms with Crippen LogP contribution in [-0.2, 0) is 17.5 Å². The van der Waals surface area contributed by atoms with Crippen LogP contribution >= 0.6 is 23.4 Å². The molecule has 3 atom stereocenters. The van der Waals surface area contributed by atoms with Crippen LogP contribution in [0.4, 0.5) is 27.8 Å². The predicted molar refractivity (Wildman–Crippen MR) is 165 cm³/mol. The Morgan fingerprint density at radius 1 is 1.07 bits per heavy atom. The minimum absolute atomic E-state index is 0.0602. The number of piperazine rings is 1. The van der Waals surface area contributed by atoms with Crippen molar-refractivity contribution in [3.8, 4) is 11.1 Å². The zero-order valence-electron chi connectivity index (χ0n) is 24.6. The number of anilines is 1. The molecular weight excluding hydrogens is 637 g/mol. The van der Waals surface area contributed by atoms with Gasteiger partial charge in [-0.25, -0.2) is 13.6 Å². The van der Waals surface area contributed by atoms with Gasteiger partial charge in [-0.3, -0.25) is 14.3 Å². The van der Waals surface area contributed by atoms with Crippen molar-refractivity contribution in [3.05, 3.63) is 63.6 Å². The molecule has 0 saturated carbocycles. The SMILES string of the molecule is C=CC(=O)N1C[C@H](C)N(c2nc(=O)n3c4c(c(-c5cc(Cl)c(F)cc5F)c(C(F)(F)F)cc24)SCC(N2CCCC2)C3)C[C@H]1C. The number of amides is 1. The Kier molecular flexibility index (Phi) is 8.40. The summed E-state index contributed by atoms with van der Waals surface area (Å²) >= 11 is 7.11. The van der Waals surface area contributed by atoms with Gasteiger partial charge in [0.25, 0.3) is 0 Å². The maximum Gasteiger partial charge on any atom is 0.417 e. The number of aromatic nitrogens is 2. The van der Waals surface area contributed by atoms with Crippen LogP contribution in [0.2, 0.25) is 5.02 Å². The van der Waals surface area contributed by atoms with Crippen LogP contribution in [0.5, 0.6) is 0 Å². The van der Waals surface area contributed by atoms with E-state index in [0.29, 0.717) is 11.8 Å². The number of rotatable bonds is 4. The summed E-state index contributed by atoms with van der Waals surface area (Å²) in [4.78, 5) is 36.4. The second-order valence-corrected chi connectivity index (χ2v) is 13.3. The van der Waals surface area contributed by atoms with Crippen molar-refractivity contribution in [1.82, 2.24) is 19.4 Å². The van der Waals surface area contributed by atoms with E-state index in [-0.39, 0.29) is 59.2 Å². The molecule has 6 rings (SSSR count). The molecule has 1 amide bonds. The van der Waals surface area contributed by atoms with Crippen molar-refractivity contribution in [1.29, 1.82) is 0 Å². The van der Waals surface area contributed by atoms with Crippen LogP contribution < -0.4 is 10.6 Å². The van der Waals surface area contributed by atoms with Gasteiger partial charge in [-0.15, -0.1) is 11.8 Å². The predicted octanol–water partition coefficient (Wildman–Crippen LogP) is 6.20. The van der Waals surface area contributed by atoms with E-state index in [9.17, 15) is 14.0 Å². The zero-order chi connectivity index (χ0) is 32.4. The third-order valence-electron chi connectivity index (χ3n) is 8.97. The fraction of sp³-hybridized carbons (Fsp3) is 0.452. The minimum Gasteiger partial charge on any atom is -0.349 e. The molecule has 3 aromatic rings. The van der Waals surface area contributed by atoms with Gasteiger partial charge in [0.2, 0.25) is 5.91 Å². The number of hydrogen-bond acceptors (Lipinski definition) is 6. The number of alkyl halides is 3. The van der Waals surface area contributed by atoms with E-state index in [0.717, 1.165) is 49.8 Å². The monoisotopic (exact) mass is 667 g/mol. The molecule has 3 aliphatic heterocycles. The highest BCUT2D eigenvalue weighted by molar-refractivity contribution is 7.99. The number of carbonyl (C=O) groups is 1. The van der Waals surface area contributed by atoms with Gasteiger partial charge >= 0.3 is 11.9 Å². The highest BCUT2D eigenvalue weighted by atomic mass is 35.5. The number of carbonyl (C=O) groups excluding carboxylic acids is 1. The second-order valence-electron chi connectivity index (χ2n) is 11.8. The Morgan fingerprint density at radius 2 is 1.78 bits per heavy atom. The van der Waals surface area contributed by atoms with Gasteiger partial charge in [-0.2, -0.15) is 18.2 Å². The summed E-state index contributed by atoms with van der Waals surface area (Å²) in [5.41, 5.74) is -2.57. The lowest BCUT2D eigenvalue weighted by Crippen LogP contribution is -2.58. The molecule has 0 spiro atoms. The molecular formula is C31H31ClF5N5O2S. The van der Waals surface area contributed by atoms with Crippen molar-refractivity contribution in [2.24, 2.45) is 0 Å². The van der Waals surface area contributed by atoms with Crippen LogP contribution in [0.1, 0.15) is 32.3 Å². The van der Waals surface area contributed by atoms with Crippen molar-refractivity contribution < 1.29 is 26.7 Å². The summed E-state index contributed by atoms with van der Waals surface area (Å²) in [5.74, 6) is -2.17. The lowest BCUT2D eigenvalue weighted by atomic mass is 9.95. The van der Waals surface area contributed by atoms with Gasteiger partial charge in [0.15, 0.2) is 0 Å². The molecule has 1 unspecified atom stereocenters. The Bertz CT molecular complexity index is 1760. The highest BCUT2D eigenvalue weighted by Gasteiger charge is 2.41. The van der Waals surface area contributed by atoms with Crippen molar-refractivity contribution >= 4 is 46.0 Å². The molecule has 1 aromatic heterocycles. The summed E-state index contributed by atoms with van der Waals surface area (Å²) < 4.78 is 76.0. The summed E-state index contributed by atoms with van der Waals surface area (Å²) in [7, 11) is 0. The van der Waals surface area contributed by atoms with Crippen LogP contribution in [0.15, 0.2) is 40.5 Å². The van der Waals surface area contributed by atoms with E-state index in [1.165, 1.54) is 10.6 Å². The summed E-state index contributed by atoms with van der Waals surface area (Å²) in [5, 5.41) is -0.436. The van der Waals surface area contributed by atoms with Crippen LogP contribution in [-0.4, -0.2) is 75.3 Å². The van der Waals surface area contributed by atoms with Crippen LogP contribution in [0.25, 0.3) is 22.0 Å². The Labute approximate surface area is 265 Å². The largest absolute Gasteiger partial charge is 0.417 e. The molecule has 2 fully saturated rings. The first kappa shape index (κ1) is 31.8. The number of likely N-dealkylation sites (tertiary alicyclic amines) is 1. The van der Waals surface area contributed by atoms with Crippen LogP contribution in [0, 0.1) is 11.6 Å². The molecule has 4 heterocycles. The fourth-order valence-corrected chi connectivity index (χ4v) is 8.30. The minimum atomic E-state index is -4.96. The zero-order valence-corrected chi connectivity index (χ0v) is 26.2. The van der Waals surface area contributed by atoms with Crippen molar-refractivity contribution in [2.75, 3.05) is 36.8 Å². The maximum atomic E-state index is 15.4. The third kappa shape index (κ3) is 5.61. The van der Waals surface area contributed by atoms with Gasteiger partial charge in [0, 0.05) is 71.0 Å². The molecule has 0 N–H and O–H groups in total. The number of hydrogen-bond donors (Lipinski definition) is 0. The Morgan fingerprint density at radius 3 is 2.44 bits per heavy atom. The average Bonchev–Trinajstić information content (AvgIpc) is 3.45. The Balaban J connectivity index is 1.65. The van der Waals surface area contributed by atoms with E-state index in [2.05, 4.69) is 16.5 Å². The first-order valence-electron chi connectivity index (χ1n) is 14.7. The van der Waals surface area contributed by atoms with E-state index in [1.54, 1.807) is 23.6 Å². The Hall–Kier alpha value is -3.16. The van der Waals surface area contributed by atoms with Crippen LogP contribution in [0.3, 0.4) is 0 Å². The number of nitrogens with zero attached hydrogens (tertiary/aromatic N) is 5. The smallest absolute Gasteiger partial charge is 0.349 e. The van der Waals surface area contributed by atoms with Gasteiger partial charge in [-0.1, -0.05) is 18.2 Å². The topological polar surface area (TPSA) is 61.7 Å². The second kappa shape index (κ2) is 11.9. The van der Waals surface area contributed by atoms with Crippen molar-refractivity contribution in [3.63, 3.8) is 0 Å². The number of thioether (sulfide) groups is 1. The van der Waals surface area contributed by atoms with Gasteiger partial charge < -0.3 is 9.80 Å². The average molecular weight is 668 g/mol. The van der Waals surface area contributed by atoms with Gasteiger partial charge in [0.1, 0.15) is 17.5 Å². The van der Waals surface area contributed by atoms with E-state index in [4.69, 9.17) is 11.6 Å². The third-order valence-corrected chi connectivity index (χ3v) is 10.5. The normalized spacial score (nSPS) is 22.6. The molecule has 0 aliphatic carbocycles. The van der Waals surface area contributed by atoms with E-state index < -0.39 is 51.3 Å². The molecule has 3 aliphatic rings. The lowest BCUT2D eigenvalue weighted by molar-refractivity contribution is -0.137. The molecule has 14 heteroatoms. The first-order chi connectivity index (χ1) is 21.3. The van der Waals surface area contributed by atoms with E-state index in [1.807, 2.05) is 0 Å². The molecule has 7 nitrogen and oxygen atoms in total. The standard InChI is InChI=1S/C31H31ClF5N5O2S/c1-4-25(43)40-12-17(3)41(13-16(40)2)29-20-9-21(31(35,36)37)26(19-10-22(32)24(34)11-23(19)33)28-27(20)42(30(44)38-29)14-18(15-45-28)39-7-5-6-8-39/h4,9-11,16-18H,1,5-8,12-15H2,2-3H3/t16-,17+,18?/m1/s1. The molecule has 2 saturated heterocycles. The summed E-state index contributed by atoms with van der Waals surface area (Å²) in [6, 6.07) is 1.31. The van der Waals surface area contributed by atoms with Gasteiger partial charge in [-0.05, 0) is 58.0 Å². The molecule has 45 heavy (non-hydrogen) atoms. The quantitative estimate of drug-likeness (QED) is 0.188. The molecule has 2 aromatic carbocycles. The molecule has 0 bridgehead atoms. The summed E-state index contributed by atoms with van der Waals surface area (Å²) in [6.45, 7) is 9.38. The molecule has 0 radical (unpaired) electrons. The van der Waals surface area contributed by atoms with E-state index >= 15 is 17.6 Å². The maximum absolute atomic E-state index is 15.4. The highest BCUT2D eigenvalue weighted by Crippen LogP contribution is 2.49. The summed E-state index contributed by atoms with van der Waals surface area (Å²) in [6.07, 6.45) is -1.81. The fourth-order valence-electron chi connectivity index (χ4n) is 6.74. The first-order valence-corrected chi connectivity index (χ1v) is 16.1. The van der Waals surface area contributed by atoms with Crippen molar-refractivity contribution in [2.45, 2.75) is 62.4 Å².